The highest BCUT2D eigenvalue weighted by Crippen LogP contribution is 2.16. The fourth-order valence-corrected chi connectivity index (χ4v) is 7.26. The summed E-state index contributed by atoms with van der Waals surface area (Å²) in [5.41, 5.74) is 0. The summed E-state index contributed by atoms with van der Waals surface area (Å²) >= 11 is 0. The lowest BCUT2D eigenvalue weighted by Crippen LogP contribution is -2.30. The van der Waals surface area contributed by atoms with Gasteiger partial charge in [-0.2, -0.15) is 0 Å². The number of allylic oxidation sites excluding steroid dienone is 2. The third-order valence-corrected chi connectivity index (χ3v) is 11.0. The van der Waals surface area contributed by atoms with Crippen LogP contribution >= 0.6 is 0 Å². The van der Waals surface area contributed by atoms with Crippen molar-refractivity contribution in [3.8, 4) is 0 Å². The summed E-state index contributed by atoms with van der Waals surface area (Å²) in [6.45, 7) is 6.57. The Hall–Kier alpha value is -1.85. The molecule has 0 aliphatic heterocycles. The molecule has 0 rings (SSSR count). The molecule has 1 atom stereocenters. The molecule has 0 radical (unpaired) electrons. The molecule has 0 aliphatic rings. The quantitative estimate of drug-likeness (QED) is 0.0264. The first-order valence-electron chi connectivity index (χ1n) is 24.7. The van der Waals surface area contributed by atoms with Crippen LogP contribution in [-0.2, 0) is 28.6 Å². The van der Waals surface area contributed by atoms with E-state index in [0.29, 0.717) is 19.3 Å². The molecule has 0 aromatic heterocycles. The molecule has 6 nitrogen and oxygen atoms in total. The van der Waals surface area contributed by atoms with Gasteiger partial charge in [0.2, 0.25) is 0 Å². The largest absolute Gasteiger partial charge is 0.462 e. The van der Waals surface area contributed by atoms with Crippen LogP contribution < -0.4 is 0 Å². The van der Waals surface area contributed by atoms with Crippen LogP contribution in [0.3, 0.4) is 0 Å². The Bertz CT molecular complexity index is 870. The normalized spacial score (nSPS) is 12.0. The standard InChI is InChI=1S/C50H94O6/c1-4-7-10-13-15-17-19-21-23-25-27-28-30-32-34-37-40-43-49(52)55-46-47(45-54-48(51)42-39-36-12-9-6-3)56-50(53)44-41-38-35-33-31-29-26-24-22-20-18-16-14-11-8-5-2/h24,26,47H,4-23,25,27-46H2,1-3H3/b26-24-. The molecule has 0 amide bonds. The van der Waals surface area contributed by atoms with Crippen LogP contribution in [0, 0.1) is 0 Å². The van der Waals surface area contributed by atoms with E-state index in [1.165, 1.54) is 161 Å². The summed E-state index contributed by atoms with van der Waals surface area (Å²) in [7, 11) is 0. The predicted octanol–water partition coefficient (Wildman–Crippen LogP) is 15.8. The number of carbonyl (C=O) groups is 3. The first kappa shape index (κ1) is 54.2. The summed E-state index contributed by atoms with van der Waals surface area (Å²) in [4.78, 5) is 37.6. The lowest BCUT2D eigenvalue weighted by Gasteiger charge is -2.18. The van der Waals surface area contributed by atoms with E-state index in [4.69, 9.17) is 14.2 Å². The van der Waals surface area contributed by atoms with Crippen molar-refractivity contribution in [2.75, 3.05) is 13.2 Å². The zero-order chi connectivity index (χ0) is 40.8. The molecule has 0 aliphatic carbocycles. The molecule has 0 saturated carbocycles. The van der Waals surface area contributed by atoms with Crippen molar-refractivity contribution in [1.82, 2.24) is 0 Å². The van der Waals surface area contributed by atoms with Crippen molar-refractivity contribution in [2.24, 2.45) is 0 Å². The molecule has 0 saturated heterocycles. The summed E-state index contributed by atoms with van der Waals surface area (Å²) in [6.07, 6.45) is 49.4. The van der Waals surface area contributed by atoms with Crippen molar-refractivity contribution in [1.29, 1.82) is 0 Å². The van der Waals surface area contributed by atoms with Gasteiger partial charge in [-0.1, -0.05) is 219 Å². The van der Waals surface area contributed by atoms with Crippen LogP contribution in [0.15, 0.2) is 12.2 Å². The smallest absolute Gasteiger partial charge is 0.306 e. The second-order valence-electron chi connectivity index (χ2n) is 16.7. The highest BCUT2D eigenvalue weighted by molar-refractivity contribution is 5.71. The fourth-order valence-electron chi connectivity index (χ4n) is 7.26. The summed E-state index contributed by atoms with van der Waals surface area (Å²) < 4.78 is 16.6. The van der Waals surface area contributed by atoms with Crippen LogP contribution in [0.1, 0.15) is 271 Å². The molecule has 0 bridgehead atoms. The zero-order valence-corrected chi connectivity index (χ0v) is 37.7. The van der Waals surface area contributed by atoms with Crippen molar-refractivity contribution in [3.05, 3.63) is 12.2 Å². The van der Waals surface area contributed by atoms with Crippen LogP contribution in [0.5, 0.6) is 0 Å². The molecule has 330 valence electrons. The lowest BCUT2D eigenvalue weighted by molar-refractivity contribution is -0.167. The van der Waals surface area contributed by atoms with Gasteiger partial charge in [0.05, 0.1) is 0 Å². The van der Waals surface area contributed by atoms with Gasteiger partial charge < -0.3 is 14.2 Å². The van der Waals surface area contributed by atoms with Crippen molar-refractivity contribution < 1.29 is 28.6 Å². The maximum Gasteiger partial charge on any atom is 0.306 e. The maximum absolute atomic E-state index is 12.7. The van der Waals surface area contributed by atoms with Gasteiger partial charge in [0.1, 0.15) is 13.2 Å². The Balaban J connectivity index is 4.15. The second-order valence-corrected chi connectivity index (χ2v) is 16.7. The van der Waals surface area contributed by atoms with E-state index < -0.39 is 6.10 Å². The number of ether oxygens (including phenoxy) is 3. The lowest BCUT2D eigenvalue weighted by atomic mass is 10.0. The average molecular weight is 791 g/mol. The number of hydrogen-bond donors (Lipinski definition) is 0. The van der Waals surface area contributed by atoms with Crippen molar-refractivity contribution in [3.63, 3.8) is 0 Å². The van der Waals surface area contributed by atoms with Gasteiger partial charge in [0.15, 0.2) is 6.10 Å². The molecular weight excluding hydrogens is 697 g/mol. The third-order valence-electron chi connectivity index (χ3n) is 11.0. The fraction of sp³-hybridized carbons (Fsp3) is 0.900. The highest BCUT2D eigenvalue weighted by Gasteiger charge is 2.19. The van der Waals surface area contributed by atoms with Crippen molar-refractivity contribution in [2.45, 2.75) is 277 Å². The Kier molecular flexibility index (Phi) is 44.3. The zero-order valence-electron chi connectivity index (χ0n) is 37.7. The molecule has 1 unspecified atom stereocenters. The molecule has 0 aromatic rings. The van der Waals surface area contributed by atoms with Gasteiger partial charge in [-0.3, -0.25) is 14.4 Å². The van der Waals surface area contributed by atoms with Crippen LogP contribution in [0.25, 0.3) is 0 Å². The SMILES string of the molecule is CCCCCCCCC/C=C\CCCCCCCC(=O)OC(COC(=O)CCCCCCC)COC(=O)CCCCCCCCCCCCCCCCCCC. The minimum atomic E-state index is -0.765. The van der Waals surface area contributed by atoms with Crippen LogP contribution in [0.2, 0.25) is 0 Å². The number of carbonyl (C=O) groups excluding carboxylic acids is 3. The van der Waals surface area contributed by atoms with Gasteiger partial charge in [0, 0.05) is 19.3 Å². The van der Waals surface area contributed by atoms with E-state index in [9.17, 15) is 14.4 Å². The number of esters is 3. The topological polar surface area (TPSA) is 78.9 Å². The Morgan fingerprint density at radius 3 is 0.893 bits per heavy atom. The molecule has 0 N–H and O–H groups in total. The van der Waals surface area contributed by atoms with Crippen molar-refractivity contribution >= 4 is 17.9 Å². The third kappa shape index (κ3) is 43.3. The minimum absolute atomic E-state index is 0.0697. The molecule has 0 fully saturated rings. The maximum atomic E-state index is 12.7. The van der Waals surface area contributed by atoms with E-state index in [2.05, 4.69) is 32.9 Å². The minimum Gasteiger partial charge on any atom is -0.462 e. The summed E-state index contributed by atoms with van der Waals surface area (Å²) in [5.74, 6) is -0.880. The summed E-state index contributed by atoms with van der Waals surface area (Å²) in [5, 5.41) is 0. The van der Waals surface area contributed by atoms with E-state index in [1.54, 1.807) is 0 Å². The predicted molar refractivity (Wildman–Crippen MR) is 238 cm³/mol. The first-order valence-corrected chi connectivity index (χ1v) is 24.7. The molecular formula is C50H94O6. The van der Waals surface area contributed by atoms with E-state index >= 15 is 0 Å². The highest BCUT2D eigenvalue weighted by atomic mass is 16.6. The summed E-state index contributed by atoms with van der Waals surface area (Å²) in [6, 6.07) is 0. The Morgan fingerprint density at radius 1 is 0.339 bits per heavy atom. The van der Waals surface area contributed by atoms with Gasteiger partial charge in [0.25, 0.3) is 0 Å². The van der Waals surface area contributed by atoms with Gasteiger partial charge in [-0.15, -0.1) is 0 Å². The van der Waals surface area contributed by atoms with Gasteiger partial charge >= 0.3 is 17.9 Å². The van der Waals surface area contributed by atoms with E-state index in [1.807, 2.05) is 0 Å². The number of hydrogen-bond acceptors (Lipinski definition) is 6. The van der Waals surface area contributed by atoms with Crippen LogP contribution in [0.4, 0.5) is 0 Å². The van der Waals surface area contributed by atoms with Crippen LogP contribution in [-0.4, -0.2) is 37.2 Å². The Morgan fingerprint density at radius 2 is 0.589 bits per heavy atom. The molecule has 0 heterocycles. The molecule has 6 heteroatoms. The number of rotatable bonds is 45. The Labute approximate surface area is 348 Å². The monoisotopic (exact) mass is 791 g/mol. The van der Waals surface area contributed by atoms with Gasteiger partial charge in [-0.25, -0.2) is 0 Å². The molecule has 0 aromatic carbocycles. The van der Waals surface area contributed by atoms with E-state index in [-0.39, 0.29) is 31.1 Å². The number of unbranched alkanes of at least 4 members (excludes halogenated alkanes) is 32. The average Bonchev–Trinajstić information content (AvgIpc) is 3.19. The van der Waals surface area contributed by atoms with Gasteiger partial charge in [-0.05, 0) is 44.9 Å². The molecule has 0 spiro atoms. The second kappa shape index (κ2) is 45.8. The first-order chi connectivity index (χ1) is 27.5. The van der Waals surface area contributed by atoms with E-state index in [0.717, 1.165) is 70.6 Å². The molecule has 56 heavy (non-hydrogen) atoms.